The van der Waals surface area contributed by atoms with Crippen molar-refractivity contribution in [3.63, 3.8) is 0 Å². The summed E-state index contributed by atoms with van der Waals surface area (Å²) in [7, 11) is 1.79. The quantitative estimate of drug-likeness (QED) is 0.842. The van der Waals surface area contributed by atoms with Crippen LogP contribution in [0, 0.1) is 5.92 Å². The molecule has 1 saturated carbocycles. The molecule has 0 N–H and O–H groups in total. The topological polar surface area (TPSA) is 31.2 Å². The van der Waals surface area contributed by atoms with E-state index in [0.29, 0.717) is 12.0 Å². The number of pyridine rings is 1. The largest absolute Gasteiger partial charge is 0.379 e. The van der Waals surface area contributed by atoms with Gasteiger partial charge >= 0.3 is 0 Å². The zero-order chi connectivity index (χ0) is 14.8. The van der Waals surface area contributed by atoms with Crippen LogP contribution < -0.4 is 5.56 Å². The second kappa shape index (κ2) is 6.13. The van der Waals surface area contributed by atoms with Gasteiger partial charge in [0, 0.05) is 24.9 Å². The second-order valence-corrected chi connectivity index (χ2v) is 6.73. The number of aromatic nitrogens is 1. The molecule has 0 atom stereocenters. The lowest BCUT2D eigenvalue weighted by Gasteiger charge is -2.36. The zero-order valence-electron chi connectivity index (χ0n) is 13.2. The molecule has 1 aromatic heterocycles. The van der Waals surface area contributed by atoms with E-state index in [4.69, 9.17) is 4.74 Å². The first-order valence-corrected chi connectivity index (χ1v) is 7.70. The van der Waals surface area contributed by atoms with E-state index in [0.717, 1.165) is 37.7 Å². The maximum atomic E-state index is 12.6. The van der Waals surface area contributed by atoms with Crippen LogP contribution in [0.1, 0.15) is 58.1 Å². The summed E-state index contributed by atoms with van der Waals surface area (Å²) in [6.45, 7) is 6.48. The third-order valence-electron chi connectivity index (χ3n) is 4.58. The van der Waals surface area contributed by atoms with Gasteiger partial charge in [-0.3, -0.25) is 4.79 Å². The minimum Gasteiger partial charge on any atom is -0.379 e. The van der Waals surface area contributed by atoms with Gasteiger partial charge in [0.05, 0.1) is 5.60 Å². The Kier molecular flexibility index (Phi) is 4.69. The van der Waals surface area contributed by atoms with Gasteiger partial charge in [-0.25, -0.2) is 0 Å². The molecule has 1 aliphatic carbocycles. The van der Waals surface area contributed by atoms with Crippen molar-refractivity contribution >= 4 is 0 Å². The van der Waals surface area contributed by atoms with E-state index < -0.39 is 0 Å². The summed E-state index contributed by atoms with van der Waals surface area (Å²) in [5.74, 6) is 0.515. The van der Waals surface area contributed by atoms with Crippen LogP contribution in [-0.2, 0) is 11.2 Å². The van der Waals surface area contributed by atoms with Crippen LogP contribution in [0.4, 0.5) is 0 Å². The number of hydrogen-bond donors (Lipinski definition) is 0. The number of methoxy groups -OCH3 is 1. The Labute approximate surface area is 122 Å². The van der Waals surface area contributed by atoms with E-state index in [1.54, 1.807) is 7.11 Å². The van der Waals surface area contributed by atoms with Crippen molar-refractivity contribution in [3.8, 4) is 0 Å². The molecule has 0 bridgehead atoms. The Balaban J connectivity index is 2.16. The zero-order valence-corrected chi connectivity index (χ0v) is 13.2. The van der Waals surface area contributed by atoms with Crippen LogP contribution in [0.2, 0.25) is 0 Å². The van der Waals surface area contributed by atoms with Crippen molar-refractivity contribution in [1.82, 2.24) is 4.57 Å². The van der Waals surface area contributed by atoms with Gasteiger partial charge < -0.3 is 9.30 Å². The lowest BCUT2D eigenvalue weighted by molar-refractivity contribution is -0.0325. The first-order chi connectivity index (χ1) is 9.45. The van der Waals surface area contributed by atoms with Gasteiger partial charge in [0.15, 0.2) is 0 Å². The van der Waals surface area contributed by atoms with Gasteiger partial charge in [-0.15, -0.1) is 0 Å². The van der Waals surface area contributed by atoms with E-state index in [9.17, 15) is 4.79 Å². The highest BCUT2D eigenvalue weighted by Crippen LogP contribution is 2.36. The van der Waals surface area contributed by atoms with E-state index in [2.05, 4.69) is 20.8 Å². The highest BCUT2D eigenvalue weighted by Gasteiger charge is 2.31. The van der Waals surface area contributed by atoms with Crippen molar-refractivity contribution in [2.45, 2.75) is 64.5 Å². The molecule has 1 heterocycles. The maximum Gasteiger partial charge on any atom is 0.253 e. The van der Waals surface area contributed by atoms with Crippen LogP contribution in [0.25, 0.3) is 0 Å². The van der Waals surface area contributed by atoms with Gasteiger partial charge in [-0.1, -0.05) is 19.9 Å². The van der Waals surface area contributed by atoms with Gasteiger partial charge in [-0.2, -0.15) is 0 Å². The smallest absolute Gasteiger partial charge is 0.253 e. The van der Waals surface area contributed by atoms with Gasteiger partial charge in [0.1, 0.15) is 0 Å². The first-order valence-electron chi connectivity index (χ1n) is 7.70. The first kappa shape index (κ1) is 15.3. The lowest BCUT2D eigenvalue weighted by Crippen LogP contribution is -2.36. The van der Waals surface area contributed by atoms with E-state index in [1.807, 2.05) is 22.9 Å². The molecule has 0 saturated heterocycles. The second-order valence-electron chi connectivity index (χ2n) is 6.73. The van der Waals surface area contributed by atoms with Crippen LogP contribution in [0.3, 0.4) is 0 Å². The Hall–Kier alpha value is -1.09. The average molecular weight is 277 g/mol. The molecule has 20 heavy (non-hydrogen) atoms. The summed E-state index contributed by atoms with van der Waals surface area (Å²) in [6.07, 6.45) is 6.91. The molecule has 1 aliphatic rings. The summed E-state index contributed by atoms with van der Waals surface area (Å²) in [6, 6.07) is 4.32. The van der Waals surface area contributed by atoms with Crippen LogP contribution in [0.5, 0.6) is 0 Å². The van der Waals surface area contributed by atoms with Crippen LogP contribution in [0.15, 0.2) is 23.1 Å². The number of nitrogens with zero attached hydrogens (tertiary/aromatic N) is 1. The monoisotopic (exact) mass is 277 g/mol. The average Bonchev–Trinajstić information content (AvgIpc) is 2.42. The minimum absolute atomic E-state index is 0.00431. The van der Waals surface area contributed by atoms with Gasteiger partial charge in [-0.05, 0) is 51.0 Å². The van der Waals surface area contributed by atoms with E-state index in [-0.39, 0.29) is 11.2 Å². The molecule has 1 aromatic rings. The number of rotatable bonds is 4. The highest BCUT2D eigenvalue weighted by molar-refractivity contribution is 5.12. The van der Waals surface area contributed by atoms with E-state index >= 15 is 0 Å². The Bertz CT molecular complexity index is 496. The van der Waals surface area contributed by atoms with Crippen LogP contribution >= 0.6 is 0 Å². The van der Waals surface area contributed by atoms with Crippen molar-refractivity contribution in [3.05, 3.63) is 34.2 Å². The molecule has 3 nitrogen and oxygen atoms in total. The Morgan fingerprint density at radius 3 is 2.60 bits per heavy atom. The van der Waals surface area contributed by atoms with Crippen molar-refractivity contribution in [2.75, 3.05) is 7.11 Å². The van der Waals surface area contributed by atoms with Gasteiger partial charge in [0.25, 0.3) is 5.56 Å². The maximum absolute atomic E-state index is 12.6. The molecule has 0 radical (unpaired) electrons. The molecule has 3 heteroatoms. The molecule has 0 unspecified atom stereocenters. The molecule has 0 aromatic carbocycles. The molecular weight excluding hydrogens is 250 g/mol. The fourth-order valence-corrected chi connectivity index (χ4v) is 3.13. The third kappa shape index (κ3) is 3.32. The number of ether oxygens (including phenoxy) is 1. The minimum atomic E-state index is -0.00431. The molecule has 112 valence electrons. The summed E-state index contributed by atoms with van der Waals surface area (Å²) in [5, 5.41) is 0. The lowest BCUT2D eigenvalue weighted by atomic mass is 9.83. The molecule has 0 aliphatic heterocycles. The van der Waals surface area contributed by atoms with Crippen molar-refractivity contribution in [2.24, 2.45) is 5.92 Å². The summed E-state index contributed by atoms with van der Waals surface area (Å²) in [4.78, 5) is 12.6. The predicted octanol–water partition coefficient (Wildman–Crippen LogP) is 3.57. The summed E-state index contributed by atoms with van der Waals surface area (Å²) in [5.41, 5.74) is 1.14. The third-order valence-corrected chi connectivity index (χ3v) is 4.58. The number of hydrogen-bond acceptors (Lipinski definition) is 2. The molecule has 1 fully saturated rings. The SMILES string of the molecule is COC1(C)CCC(n2cccc(CC(C)C)c2=O)CC1. The normalized spacial score (nSPS) is 26.9. The molecule has 0 spiro atoms. The fourth-order valence-electron chi connectivity index (χ4n) is 3.13. The predicted molar refractivity (Wildman–Crippen MR) is 82.2 cm³/mol. The fraction of sp³-hybridized carbons (Fsp3) is 0.706. The van der Waals surface area contributed by atoms with Crippen molar-refractivity contribution in [1.29, 1.82) is 0 Å². The summed E-state index contributed by atoms with van der Waals surface area (Å²) < 4.78 is 7.53. The van der Waals surface area contributed by atoms with Crippen LogP contribution in [-0.4, -0.2) is 17.3 Å². The van der Waals surface area contributed by atoms with Crippen molar-refractivity contribution < 1.29 is 4.74 Å². The Morgan fingerprint density at radius 1 is 1.40 bits per heavy atom. The van der Waals surface area contributed by atoms with Gasteiger partial charge in [0.2, 0.25) is 0 Å². The molecule has 2 rings (SSSR count). The standard InChI is InChI=1S/C17H27NO2/c1-13(2)12-14-6-5-11-18(16(14)19)15-7-9-17(3,20-4)10-8-15/h5-6,11,13,15H,7-10,12H2,1-4H3. The molecule has 0 amide bonds. The highest BCUT2D eigenvalue weighted by atomic mass is 16.5. The summed E-state index contributed by atoms with van der Waals surface area (Å²) >= 11 is 0. The molecular formula is C17H27NO2. The van der Waals surface area contributed by atoms with E-state index in [1.165, 1.54) is 0 Å². The Morgan fingerprint density at radius 2 is 2.05 bits per heavy atom.